The Morgan fingerprint density at radius 1 is 1.28 bits per heavy atom. The number of methoxy groups -OCH3 is 2. The van der Waals surface area contributed by atoms with E-state index >= 15 is 0 Å². The van der Waals surface area contributed by atoms with E-state index in [-0.39, 0.29) is 6.42 Å². The Labute approximate surface area is 143 Å². The van der Waals surface area contributed by atoms with Crippen molar-refractivity contribution in [2.24, 2.45) is 0 Å². The number of carboxylic acid groups (broad SMARTS) is 1. The summed E-state index contributed by atoms with van der Waals surface area (Å²) in [5.41, 5.74) is 0.261. The molecule has 9 nitrogen and oxygen atoms in total. The predicted octanol–water partition coefficient (Wildman–Crippen LogP) is 0.178. The number of nitrogens with zero attached hydrogens (tertiary/aromatic N) is 1. The molecule has 134 valence electrons. The average Bonchev–Trinajstić information content (AvgIpc) is 3.02. The number of nitrogens with one attached hydrogen (secondary N) is 2. The highest BCUT2D eigenvalue weighted by molar-refractivity contribution is 5.84. The van der Waals surface area contributed by atoms with Crippen LogP contribution >= 0.6 is 0 Å². The first-order chi connectivity index (χ1) is 12.0. The lowest BCUT2D eigenvalue weighted by molar-refractivity contribution is -0.138. The van der Waals surface area contributed by atoms with Gasteiger partial charge in [0.25, 0.3) is 0 Å². The van der Waals surface area contributed by atoms with Gasteiger partial charge in [0.2, 0.25) is 5.91 Å². The molecule has 0 aliphatic rings. The highest BCUT2D eigenvalue weighted by Crippen LogP contribution is 2.29. The maximum atomic E-state index is 12.4. The number of benzene rings is 1. The zero-order chi connectivity index (χ0) is 18.4. The molecule has 3 N–H and O–H groups in total. The zero-order valence-corrected chi connectivity index (χ0v) is 13.8. The summed E-state index contributed by atoms with van der Waals surface area (Å²) in [6.45, 7) is -0.527. The molecular formula is C16H19N3O6. The van der Waals surface area contributed by atoms with Crippen LogP contribution in [0, 0.1) is 0 Å². The summed E-state index contributed by atoms with van der Waals surface area (Å²) in [5.74, 6) is -0.707. The third kappa shape index (κ3) is 4.40. The standard InChI is InChI=1S/C16H19N3O6/c1-24-12-4-3-10(8-13(12)25-2)7-11(15(22)18-9-14(20)21)19-6-5-17-16(19)23/h3-6,8,11H,7,9H2,1-2H3,(H,17,23)(H,18,22)(H,20,21)/t11-/m0/s1. The molecule has 0 saturated carbocycles. The van der Waals surface area contributed by atoms with Gasteiger partial charge >= 0.3 is 11.7 Å². The number of aromatic amines is 1. The lowest BCUT2D eigenvalue weighted by atomic mass is 10.0. The van der Waals surface area contributed by atoms with Crippen LogP contribution in [-0.4, -0.2) is 47.3 Å². The average molecular weight is 349 g/mol. The fourth-order valence-corrected chi connectivity index (χ4v) is 2.41. The normalized spacial score (nSPS) is 11.6. The molecule has 1 heterocycles. The number of aliphatic carboxylic acids is 1. The van der Waals surface area contributed by atoms with Crippen LogP contribution in [0.2, 0.25) is 0 Å². The summed E-state index contributed by atoms with van der Waals surface area (Å²) in [7, 11) is 3.01. The van der Waals surface area contributed by atoms with Crippen LogP contribution in [0.3, 0.4) is 0 Å². The van der Waals surface area contributed by atoms with Gasteiger partial charge in [0.15, 0.2) is 11.5 Å². The Balaban J connectivity index is 2.30. The molecule has 25 heavy (non-hydrogen) atoms. The maximum absolute atomic E-state index is 12.4. The highest BCUT2D eigenvalue weighted by atomic mass is 16.5. The first kappa shape index (κ1) is 18.1. The number of aromatic nitrogens is 2. The van der Waals surface area contributed by atoms with Crippen molar-refractivity contribution in [3.8, 4) is 11.5 Å². The summed E-state index contributed by atoms with van der Waals surface area (Å²) in [5, 5.41) is 11.0. The van der Waals surface area contributed by atoms with E-state index in [1.807, 2.05) is 0 Å². The van der Waals surface area contributed by atoms with Gasteiger partial charge in [-0.15, -0.1) is 0 Å². The van der Waals surface area contributed by atoms with Crippen LogP contribution in [0.25, 0.3) is 0 Å². The molecule has 9 heteroatoms. The fraction of sp³-hybridized carbons (Fsp3) is 0.312. The zero-order valence-electron chi connectivity index (χ0n) is 13.8. The summed E-state index contributed by atoms with van der Waals surface area (Å²) >= 11 is 0. The second-order valence-corrected chi connectivity index (χ2v) is 5.19. The van der Waals surface area contributed by atoms with Crippen LogP contribution in [0.15, 0.2) is 35.4 Å². The molecule has 1 aromatic carbocycles. The fourth-order valence-electron chi connectivity index (χ4n) is 2.41. The molecule has 0 saturated heterocycles. The Bertz CT molecular complexity index is 810. The highest BCUT2D eigenvalue weighted by Gasteiger charge is 2.23. The van der Waals surface area contributed by atoms with Crippen LogP contribution in [-0.2, 0) is 16.0 Å². The summed E-state index contributed by atoms with van der Waals surface area (Å²) in [6.07, 6.45) is 3.02. The predicted molar refractivity (Wildman–Crippen MR) is 88.0 cm³/mol. The van der Waals surface area contributed by atoms with Gasteiger partial charge in [-0.1, -0.05) is 6.07 Å². The van der Waals surface area contributed by atoms with E-state index in [9.17, 15) is 14.4 Å². The number of carbonyl (C=O) groups excluding carboxylic acids is 1. The van der Waals surface area contributed by atoms with Crippen LogP contribution in [0.4, 0.5) is 0 Å². The van der Waals surface area contributed by atoms with E-state index in [0.717, 1.165) is 5.56 Å². The minimum Gasteiger partial charge on any atom is -0.493 e. The van der Waals surface area contributed by atoms with Crippen molar-refractivity contribution in [2.75, 3.05) is 20.8 Å². The summed E-state index contributed by atoms with van der Waals surface area (Å²) in [4.78, 5) is 37.4. The van der Waals surface area contributed by atoms with Gasteiger partial charge in [-0.25, -0.2) is 4.79 Å². The third-order valence-electron chi connectivity index (χ3n) is 3.61. The lowest BCUT2D eigenvalue weighted by Crippen LogP contribution is -2.39. The smallest absolute Gasteiger partial charge is 0.326 e. The topological polar surface area (TPSA) is 123 Å². The van der Waals surface area contributed by atoms with Crippen molar-refractivity contribution in [2.45, 2.75) is 12.5 Å². The maximum Gasteiger partial charge on any atom is 0.326 e. The minimum absolute atomic E-state index is 0.170. The van der Waals surface area contributed by atoms with Gasteiger partial charge < -0.3 is 24.9 Å². The molecule has 2 rings (SSSR count). The molecule has 0 bridgehead atoms. The van der Waals surface area contributed by atoms with E-state index in [4.69, 9.17) is 14.6 Å². The van der Waals surface area contributed by atoms with Crippen LogP contribution < -0.4 is 20.5 Å². The molecule has 0 fully saturated rings. The number of rotatable bonds is 8. The Morgan fingerprint density at radius 2 is 2.00 bits per heavy atom. The molecule has 0 unspecified atom stereocenters. The number of hydrogen-bond acceptors (Lipinski definition) is 5. The third-order valence-corrected chi connectivity index (χ3v) is 3.61. The number of carbonyl (C=O) groups is 2. The van der Waals surface area contributed by atoms with E-state index in [1.165, 1.54) is 31.2 Å². The number of hydrogen-bond donors (Lipinski definition) is 3. The number of amides is 1. The Morgan fingerprint density at radius 3 is 2.56 bits per heavy atom. The molecule has 1 amide bonds. The molecule has 2 aromatic rings. The van der Waals surface area contributed by atoms with Gasteiger partial charge in [0, 0.05) is 18.8 Å². The molecular weight excluding hydrogens is 330 g/mol. The summed E-state index contributed by atoms with van der Waals surface area (Å²) < 4.78 is 11.6. The van der Waals surface area contributed by atoms with Gasteiger partial charge in [-0.2, -0.15) is 0 Å². The molecule has 1 atom stereocenters. The first-order valence-electron chi connectivity index (χ1n) is 7.42. The van der Waals surface area contributed by atoms with E-state index < -0.39 is 30.2 Å². The van der Waals surface area contributed by atoms with Crippen molar-refractivity contribution in [1.29, 1.82) is 0 Å². The monoisotopic (exact) mass is 349 g/mol. The van der Waals surface area contributed by atoms with Crippen molar-refractivity contribution < 1.29 is 24.2 Å². The molecule has 0 radical (unpaired) electrons. The Kier molecular flexibility index (Phi) is 5.83. The second-order valence-electron chi connectivity index (χ2n) is 5.19. The number of carboxylic acids is 1. The van der Waals surface area contributed by atoms with Gasteiger partial charge in [0.1, 0.15) is 12.6 Å². The molecule has 0 aliphatic heterocycles. The largest absolute Gasteiger partial charge is 0.493 e. The summed E-state index contributed by atoms with van der Waals surface area (Å²) in [6, 6.07) is 4.24. The van der Waals surface area contributed by atoms with E-state index in [2.05, 4.69) is 10.3 Å². The molecule has 1 aromatic heterocycles. The van der Waals surface area contributed by atoms with Gasteiger partial charge in [-0.3, -0.25) is 14.2 Å². The number of H-pyrrole nitrogens is 1. The van der Waals surface area contributed by atoms with Crippen molar-refractivity contribution in [3.05, 3.63) is 46.6 Å². The SMILES string of the molecule is COc1ccc(C[C@@H](C(=O)NCC(=O)O)n2cc[nH]c2=O)cc1OC. The quantitative estimate of drug-likeness (QED) is 0.625. The lowest BCUT2D eigenvalue weighted by Gasteiger charge is -2.18. The van der Waals surface area contributed by atoms with Gasteiger partial charge in [0.05, 0.1) is 14.2 Å². The van der Waals surface area contributed by atoms with E-state index in [1.54, 1.807) is 18.2 Å². The molecule has 0 spiro atoms. The molecule has 0 aliphatic carbocycles. The van der Waals surface area contributed by atoms with Crippen LogP contribution in [0.1, 0.15) is 11.6 Å². The van der Waals surface area contributed by atoms with E-state index in [0.29, 0.717) is 11.5 Å². The van der Waals surface area contributed by atoms with Crippen molar-refractivity contribution in [3.63, 3.8) is 0 Å². The van der Waals surface area contributed by atoms with Crippen molar-refractivity contribution in [1.82, 2.24) is 14.9 Å². The van der Waals surface area contributed by atoms with Crippen molar-refractivity contribution >= 4 is 11.9 Å². The second kappa shape index (κ2) is 8.04. The minimum atomic E-state index is -1.17. The van der Waals surface area contributed by atoms with Crippen LogP contribution in [0.5, 0.6) is 11.5 Å². The van der Waals surface area contributed by atoms with Gasteiger partial charge in [-0.05, 0) is 17.7 Å². The number of imidazole rings is 1. The Hall–Kier alpha value is -3.23. The number of ether oxygens (including phenoxy) is 2. The first-order valence-corrected chi connectivity index (χ1v) is 7.42.